The van der Waals surface area contributed by atoms with Gasteiger partial charge >= 0.3 is 12.1 Å². The normalized spacial score (nSPS) is 20.9. The average Bonchev–Trinajstić information content (AvgIpc) is 2.94. The van der Waals surface area contributed by atoms with E-state index in [4.69, 9.17) is 14.2 Å². The second-order valence-corrected chi connectivity index (χ2v) is 6.46. The lowest BCUT2D eigenvalue weighted by molar-refractivity contribution is -0.151. The van der Waals surface area contributed by atoms with E-state index in [1.54, 1.807) is 12.1 Å². The Bertz CT molecular complexity index is 561. The lowest BCUT2D eigenvalue weighted by Crippen LogP contribution is -2.27. The van der Waals surface area contributed by atoms with Crippen molar-refractivity contribution in [2.45, 2.75) is 44.8 Å². The van der Waals surface area contributed by atoms with Crippen molar-refractivity contribution in [2.75, 3.05) is 19.0 Å². The van der Waals surface area contributed by atoms with Gasteiger partial charge in [0.05, 0.1) is 7.11 Å². The van der Waals surface area contributed by atoms with Gasteiger partial charge in [0.2, 0.25) is 0 Å². The monoisotopic (exact) mass is 321 g/mol. The van der Waals surface area contributed by atoms with E-state index in [-0.39, 0.29) is 11.9 Å². The molecule has 1 aliphatic heterocycles. The second kappa shape index (κ2) is 7.00. The molecule has 0 saturated carbocycles. The van der Waals surface area contributed by atoms with Crippen LogP contribution in [-0.2, 0) is 19.0 Å². The first-order valence-corrected chi connectivity index (χ1v) is 7.59. The second-order valence-electron chi connectivity index (χ2n) is 6.46. The number of carbonyl (C=O) groups is 2. The average molecular weight is 321 g/mol. The Hall–Kier alpha value is -2.08. The fraction of sp³-hybridized carbons (Fsp3) is 0.529. The van der Waals surface area contributed by atoms with E-state index in [0.29, 0.717) is 12.3 Å². The van der Waals surface area contributed by atoms with E-state index < -0.39 is 17.8 Å². The Balaban J connectivity index is 2.02. The number of hydrogen-bond acceptors (Lipinski definition) is 5. The number of ether oxygens (including phenoxy) is 3. The number of benzene rings is 1. The van der Waals surface area contributed by atoms with Crippen molar-refractivity contribution in [2.24, 2.45) is 0 Å². The van der Waals surface area contributed by atoms with Crippen LogP contribution >= 0.6 is 0 Å². The molecule has 1 heterocycles. The van der Waals surface area contributed by atoms with Gasteiger partial charge in [-0.05, 0) is 44.9 Å². The molecule has 0 radical (unpaired) electrons. The SMILES string of the molecule is COC(=O)C1OCCC1c1ccc(NC(=O)OC(C)(C)C)cc1. The number of hydrogen-bond donors (Lipinski definition) is 1. The highest BCUT2D eigenvalue weighted by molar-refractivity contribution is 5.84. The summed E-state index contributed by atoms with van der Waals surface area (Å²) in [5.74, 6) is -0.388. The molecule has 0 aliphatic carbocycles. The molecule has 126 valence electrons. The molecule has 0 bridgehead atoms. The minimum Gasteiger partial charge on any atom is -0.467 e. The summed E-state index contributed by atoms with van der Waals surface area (Å²) >= 11 is 0. The summed E-state index contributed by atoms with van der Waals surface area (Å²) in [6.07, 6.45) is -0.301. The van der Waals surface area contributed by atoms with Gasteiger partial charge in [0.25, 0.3) is 0 Å². The molecular weight excluding hydrogens is 298 g/mol. The zero-order valence-electron chi connectivity index (χ0n) is 13.9. The van der Waals surface area contributed by atoms with E-state index in [0.717, 1.165) is 12.0 Å². The third-order valence-corrected chi connectivity index (χ3v) is 3.51. The van der Waals surface area contributed by atoms with Gasteiger partial charge in [-0.1, -0.05) is 12.1 Å². The molecule has 0 spiro atoms. The standard InChI is InChI=1S/C17H23NO5/c1-17(2,3)23-16(20)18-12-7-5-11(6-8-12)13-9-10-22-14(13)15(19)21-4/h5-8,13-14H,9-10H2,1-4H3,(H,18,20). The third kappa shape index (κ3) is 4.69. The van der Waals surface area contributed by atoms with Crippen LogP contribution in [-0.4, -0.2) is 37.5 Å². The van der Waals surface area contributed by atoms with Crippen molar-refractivity contribution in [3.05, 3.63) is 29.8 Å². The van der Waals surface area contributed by atoms with Crippen molar-refractivity contribution >= 4 is 17.7 Å². The maximum absolute atomic E-state index is 11.7. The van der Waals surface area contributed by atoms with Crippen molar-refractivity contribution in [3.63, 3.8) is 0 Å². The Morgan fingerprint density at radius 3 is 2.43 bits per heavy atom. The molecule has 0 aromatic heterocycles. The van der Waals surface area contributed by atoms with Crippen LogP contribution in [0.5, 0.6) is 0 Å². The Kier molecular flexibility index (Phi) is 5.26. The number of amides is 1. The van der Waals surface area contributed by atoms with Crippen LogP contribution in [0.25, 0.3) is 0 Å². The van der Waals surface area contributed by atoms with E-state index in [1.165, 1.54) is 7.11 Å². The quantitative estimate of drug-likeness (QED) is 0.866. The lowest BCUT2D eigenvalue weighted by atomic mass is 9.92. The first kappa shape index (κ1) is 17.3. The van der Waals surface area contributed by atoms with Gasteiger partial charge in [-0.15, -0.1) is 0 Å². The summed E-state index contributed by atoms with van der Waals surface area (Å²) in [7, 11) is 1.36. The molecule has 1 aromatic carbocycles. The van der Waals surface area contributed by atoms with E-state index in [1.807, 2.05) is 32.9 Å². The van der Waals surface area contributed by atoms with Crippen LogP contribution in [0.2, 0.25) is 0 Å². The van der Waals surface area contributed by atoms with Crippen molar-refractivity contribution in [1.29, 1.82) is 0 Å². The molecular formula is C17H23NO5. The maximum Gasteiger partial charge on any atom is 0.412 e. The molecule has 2 rings (SSSR count). The Morgan fingerprint density at radius 2 is 1.87 bits per heavy atom. The van der Waals surface area contributed by atoms with Crippen molar-refractivity contribution in [3.8, 4) is 0 Å². The number of rotatable bonds is 3. The summed E-state index contributed by atoms with van der Waals surface area (Å²) in [6, 6.07) is 7.32. The smallest absolute Gasteiger partial charge is 0.412 e. The van der Waals surface area contributed by atoms with E-state index in [2.05, 4.69) is 5.32 Å². The summed E-state index contributed by atoms with van der Waals surface area (Å²) < 4.78 is 15.4. The predicted molar refractivity (Wildman–Crippen MR) is 85.4 cm³/mol. The maximum atomic E-state index is 11.7. The van der Waals surface area contributed by atoms with Crippen molar-refractivity contribution in [1.82, 2.24) is 0 Å². The van der Waals surface area contributed by atoms with Gasteiger partial charge in [0, 0.05) is 18.2 Å². The topological polar surface area (TPSA) is 73.9 Å². The molecule has 1 fully saturated rings. The minimum atomic E-state index is -0.565. The van der Waals surface area contributed by atoms with Crippen LogP contribution in [0.3, 0.4) is 0 Å². The first-order valence-electron chi connectivity index (χ1n) is 7.59. The number of methoxy groups -OCH3 is 1. The number of esters is 1. The highest BCUT2D eigenvalue weighted by atomic mass is 16.6. The van der Waals surface area contributed by atoms with Crippen LogP contribution < -0.4 is 5.32 Å². The summed E-state index contributed by atoms with van der Waals surface area (Å²) in [5.41, 5.74) is 1.07. The number of nitrogens with one attached hydrogen (secondary N) is 1. The van der Waals surface area contributed by atoms with Crippen LogP contribution in [0, 0.1) is 0 Å². The largest absolute Gasteiger partial charge is 0.467 e. The van der Waals surface area contributed by atoms with Gasteiger partial charge in [-0.3, -0.25) is 5.32 Å². The molecule has 1 saturated heterocycles. The molecule has 1 aromatic rings. The first-order chi connectivity index (χ1) is 10.8. The van der Waals surface area contributed by atoms with E-state index >= 15 is 0 Å². The van der Waals surface area contributed by atoms with E-state index in [9.17, 15) is 9.59 Å². The van der Waals surface area contributed by atoms with Gasteiger partial charge in [0.15, 0.2) is 6.10 Å². The molecule has 1 aliphatic rings. The number of anilines is 1. The van der Waals surface area contributed by atoms with Gasteiger partial charge in [0.1, 0.15) is 5.60 Å². The molecule has 2 atom stereocenters. The zero-order chi connectivity index (χ0) is 17.0. The van der Waals surface area contributed by atoms with Crippen molar-refractivity contribution < 1.29 is 23.8 Å². The highest BCUT2D eigenvalue weighted by Crippen LogP contribution is 2.32. The predicted octanol–water partition coefficient (Wildman–Crippen LogP) is 3.08. The molecule has 1 amide bonds. The number of carbonyl (C=O) groups excluding carboxylic acids is 2. The minimum absolute atomic E-state index is 0.0296. The highest BCUT2D eigenvalue weighted by Gasteiger charge is 2.36. The fourth-order valence-electron chi connectivity index (χ4n) is 2.51. The summed E-state index contributed by atoms with van der Waals surface area (Å²) in [4.78, 5) is 23.5. The third-order valence-electron chi connectivity index (χ3n) is 3.51. The Labute approximate surface area is 136 Å². The molecule has 2 unspecified atom stereocenters. The molecule has 23 heavy (non-hydrogen) atoms. The van der Waals surface area contributed by atoms with Gasteiger partial charge in [-0.2, -0.15) is 0 Å². The fourth-order valence-corrected chi connectivity index (χ4v) is 2.51. The summed E-state index contributed by atoms with van der Waals surface area (Å²) in [5, 5.41) is 2.68. The summed E-state index contributed by atoms with van der Waals surface area (Å²) in [6.45, 7) is 5.95. The van der Waals surface area contributed by atoms with Gasteiger partial charge < -0.3 is 14.2 Å². The zero-order valence-corrected chi connectivity index (χ0v) is 13.9. The molecule has 1 N–H and O–H groups in total. The van der Waals surface area contributed by atoms with Crippen LogP contribution in [0.15, 0.2) is 24.3 Å². The van der Waals surface area contributed by atoms with Crippen LogP contribution in [0.1, 0.15) is 38.7 Å². The lowest BCUT2D eigenvalue weighted by Gasteiger charge is -2.20. The molecule has 6 nitrogen and oxygen atoms in total. The molecule has 6 heteroatoms. The Morgan fingerprint density at radius 1 is 1.22 bits per heavy atom. The van der Waals surface area contributed by atoms with Gasteiger partial charge in [-0.25, -0.2) is 9.59 Å². The van der Waals surface area contributed by atoms with Crippen LogP contribution in [0.4, 0.5) is 10.5 Å².